The Bertz CT molecular complexity index is 1290. The Morgan fingerprint density at radius 2 is 1.79 bits per heavy atom. The number of nitrogens with zero attached hydrogens (tertiary/aromatic N) is 2. The molecule has 0 saturated carbocycles. The lowest BCUT2D eigenvalue weighted by molar-refractivity contribution is -0.386. The highest BCUT2D eigenvalue weighted by atomic mass is 35.5. The van der Waals surface area contributed by atoms with E-state index in [4.69, 9.17) is 27.9 Å². The van der Waals surface area contributed by atoms with Gasteiger partial charge in [-0.3, -0.25) is 25.1 Å². The van der Waals surface area contributed by atoms with Gasteiger partial charge in [-0.15, -0.1) is 0 Å². The first-order valence-electron chi connectivity index (χ1n) is 9.61. The van der Waals surface area contributed by atoms with E-state index >= 15 is 0 Å². The highest BCUT2D eigenvalue weighted by Crippen LogP contribution is 2.31. The predicted octanol–water partition coefficient (Wildman–Crippen LogP) is 4.94. The van der Waals surface area contributed by atoms with Crippen molar-refractivity contribution in [2.75, 3.05) is 5.01 Å². The number of ether oxygens (including phenoxy) is 1. The van der Waals surface area contributed by atoms with Crippen molar-refractivity contribution in [1.82, 2.24) is 5.43 Å². The molecule has 1 aliphatic rings. The zero-order valence-corrected chi connectivity index (χ0v) is 18.3. The molecule has 0 unspecified atom stereocenters. The average molecular weight is 484 g/mol. The van der Waals surface area contributed by atoms with Crippen LogP contribution in [0.3, 0.4) is 0 Å². The summed E-state index contributed by atoms with van der Waals surface area (Å²) < 4.78 is 5.60. The van der Waals surface area contributed by atoms with Gasteiger partial charge in [0.05, 0.1) is 10.6 Å². The van der Waals surface area contributed by atoms with E-state index in [1.165, 1.54) is 24.3 Å². The number of nitrogens with one attached hydrogen (secondary N) is 1. The second kappa shape index (κ2) is 9.32. The largest absolute Gasteiger partial charge is 0.482 e. The van der Waals surface area contributed by atoms with E-state index in [9.17, 15) is 19.7 Å². The number of nitro benzene ring substituents is 1. The molecular formula is C23H15Cl2N3O5. The highest BCUT2D eigenvalue weighted by Gasteiger charge is 2.34. The number of amides is 2. The number of halogens is 2. The van der Waals surface area contributed by atoms with Gasteiger partial charge in [-0.05, 0) is 42.0 Å². The average Bonchev–Trinajstić information content (AvgIpc) is 3.08. The van der Waals surface area contributed by atoms with Crippen molar-refractivity contribution >= 4 is 52.5 Å². The van der Waals surface area contributed by atoms with Gasteiger partial charge in [-0.2, -0.15) is 0 Å². The van der Waals surface area contributed by atoms with Crippen molar-refractivity contribution in [2.45, 2.75) is 6.61 Å². The molecule has 4 rings (SSSR count). The molecule has 0 radical (unpaired) electrons. The van der Waals surface area contributed by atoms with Crippen LogP contribution in [0.25, 0.3) is 6.08 Å². The maximum Gasteiger partial charge on any atom is 0.311 e. The molecule has 3 aromatic carbocycles. The molecule has 8 nitrogen and oxygen atoms in total. The second-order valence-electron chi connectivity index (χ2n) is 6.98. The van der Waals surface area contributed by atoms with Gasteiger partial charge in [0.2, 0.25) is 0 Å². The van der Waals surface area contributed by atoms with E-state index in [0.29, 0.717) is 26.9 Å². The summed E-state index contributed by atoms with van der Waals surface area (Å²) in [7, 11) is 0. The van der Waals surface area contributed by atoms with Gasteiger partial charge in [0.25, 0.3) is 11.8 Å². The summed E-state index contributed by atoms with van der Waals surface area (Å²) in [6, 6.07) is 17.6. The number of para-hydroxylation sites is 1. The van der Waals surface area contributed by atoms with Crippen LogP contribution in [0.5, 0.6) is 5.75 Å². The van der Waals surface area contributed by atoms with Crippen LogP contribution in [0.1, 0.15) is 11.1 Å². The third-order valence-corrected chi connectivity index (χ3v) is 5.38. The molecule has 0 spiro atoms. The zero-order chi connectivity index (χ0) is 23.5. The summed E-state index contributed by atoms with van der Waals surface area (Å²) in [6.07, 6.45) is 1.30. The Labute approximate surface area is 198 Å². The Morgan fingerprint density at radius 3 is 2.48 bits per heavy atom. The fourth-order valence-corrected chi connectivity index (χ4v) is 3.63. The lowest BCUT2D eigenvalue weighted by Crippen LogP contribution is -2.35. The number of nitro groups is 1. The molecule has 2 amide bonds. The molecule has 1 N–H and O–H groups in total. The van der Waals surface area contributed by atoms with Crippen molar-refractivity contribution in [3.8, 4) is 5.75 Å². The van der Waals surface area contributed by atoms with E-state index in [0.717, 1.165) is 5.01 Å². The number of rotatable bonds is 6. The predicted molar refractivity (Wildman–Crippen MR) is 124 cm³/mol. The monoisotopic (exact) mass is 483 g/mol. The lowest BCUT2D eigenvalue weighted by atomic mass is 10.1. The SMILES string of the molecule is O=C1NN(c2ccccc2)C(=O)C1=Cc1ccc(OCc2ccc(Cl)cc2Cl)c([N+](=O)[O-])c1. The number of hydrogen-bond acceptors (Lipinski definition) is 5. The van der Waals surface area contributed by atoms with E-state index in [2.05, 4.69) is 5.43 Å². The molecule has 1 aliphatic heterocycles. The zero-order valence-electron chi connectivity index (χ0n) is 16.8. The van der Waals surface area contributed by atoms with E-state index in [1.54, 1.807) is 48.5 Å². The summed E-state index contributed by atoms with van der Waals surface area (Å²) >= 11 is 12.0. The highest BCUT2D eigenvalue weighted by molar-refractivity contribution is 6.35. The number of hydrogen-bond donors (Lipinski definition) is 1. The van der Waals surface area contributed by atoms with Gasteiger partial charge >= 0.3 is 5.69 Å². The number of benzene rings is 3. The number of carbonyl (C=O) groups is 2. The Balaban J connectivity index is 1.58. The number of hydrazine groups is 1. The molecule has 0 atom stereocenters. The van der Waals surface area contributed by atoms with Gasteiger partial charge in [0.15, 0.2) is 5.75 Å². The molecule has 0 aromatic heterocycles. The fourth-order valence-electron chi connectivity index (χ4n) is 3.17. The van der Waals surface area contributed by atoms with Gasteiger partial charge < -0.3 is 4.74 Å². The molecule has 10 heteroatoms. The van der Waals surface area contributed by atoms with Gasteiger partial charge in [0, 0.05) is 21.7 Å². The van der Waals surface area contributed by atoms with Crippen LogP contribution in [0.2, 0.25) is 10.0 Å². The third kappa shape index (κ3) is 4.82. The normalized spacial score (nSPS) is 14.5. The minimum atomic E-state index is -0.607. The van der Waals surface area contributed by atoms with Crippen molar-refractivity contribution in [3.05, 3.63) is 104 Å². The third-order valence-electron chi connectivity index (χ3n) is 4.79. The molecule has 0 aliphatic carbocycles. The van der Waals surface area contributed by atoms with Gasteiger partial charge in [0.1, 0.15) is 12.2 Å². The van der Waals surface area contributed by atoms with Crippen molar-refractivity contribution < 1.29 is 19.2 Å². The summed E-state index contributed by atoms with van der Waals surface area (Å²) in [5.41, 5.74) is 3.42. The quantitative estimate of drug-likeness (QED) is 0.231. The molecule has 1 saturated heterocycles. The number of carbonyl (C=O) groups excluding carboxylic acids is 2. The Hall–Kier alpha value is -3.88. The van der Waals surface area contributed by atoms with E-state index in [1.807, 2.05) is 0 Å². The molecular weight excluding hydrogens is 469 g/mol. The lowest BCUT2D eigenvalue weighted by Gasteiger charge is -2.13. The first-order chi connectivity index (χ1) is 15.8. The van der Waals surface area contributed by atoms with Crippen LogP contribution in [-0.4, -0.2) is 16.7 Å². The molecule has 1 fully saturated rings. The molecule has 33 heavy (non-hydrogen) atoms. The second-order valence-corrected chi connectivity index (χ2v) is 7.83. The van der Waals surface area contributed by atoms with Crippen molar-refractivity contribution in [2.24, 2.45) is 0 Å². The maximum absolute atomic E-state index is 12.7. The summed E-state index contributed by atoms with van der Waals surface area (Å²) in [6.45, 7) is -0.00972. The molecule has 0 bridgehead atoms. The first-order valence-corrected chi connectivity index (χ1v) is 10.4. The molecule has 3 aromatic rings. The van der Waals surface area contributed by atoms with Crippen LogP contribution >= 0.6 is 23.2 Å². The van der Waals surface area contributed by atoms with Crippen molar-refractivity contribution in [1.29, 1.82) is 0 Å². The van der Waals surface area contributed by atoms with Crippen LogP contribution in [0.4, 0.5) is 11.4 Å². The fraction of sp³-hybridized carbons (Fsp3) is 0.0435. The first kappa shape index (κ1) is 22.3. The van der Waals surface area contributed by atoms with Gasteiger partial charge in [-0.1, -0.05) is 53.5 Å². The topological polar surface area (TPSA) is 102 Å². The summed E-state index contributed by atoms with van der Waals surface area (Å²) in [4.78, 5) is 36.1. The van der Waals surface area contributed by atoms with Crippen LogP contribution in [-0.2, 0) is 16.2 Å². The Kier molecular flexibility index (Phi) is 6.30. The van der Waals surface area contributed by atoms with Gasteiger partial charge in [-0.25, -0.2) is 5.01 Å². The minimum absolute atomic E-state index is 0.00972. The molecule has 166 valence electrons. The van der Waals surface area contributed by atoms with Crippen LogP contribution < -0.4 is 15.2 Å². The maximum atomic E-state index is 12.7. The smallest absolute Gasteiger partial charge is 0.311 e. The summed E-state index contributed by atoms with van der Waals surface area (Å²) in [5, 5.41) is 13.6. The number of anilines is 1. The Morgan fingerprint density at radius 1 is 1.03 bits per heavy atom. The standard InChI is InChI=1S/C23H15Cl2N3O5/c24-16-8-7-15(19(25)12-16)13-33-21-9-6-14(11-20(21)28(31)32)10-18-22(29)26-27(23(18)30)17-4-2-1-3-5-17/h1-12H,13H2,(H,26,29). The molecule has 1 heterocycles. The summed E-state index contributed by atoms with van der Waals surface area (Å²) in [5.74, 6) is -1.16. The van der Waals surface area contributed by atoms with Crippen LogP contribution in [0.15, 0.2) is 72.3 Å². The van der Waals surface area contributed by atoms with E-state index < -0.39 is 16.7 Å². The minimum Gasteiger partial charge on any atom is -0.482 e. The van der Waals surface area contributed by atoms with Crippen LogP contribution in [0, 0.1) is 10.1 Å². The van der Waals surface area contributed by atoms with Crippen molar-refractivity contribution in [3.63, 3.8) is 0 Å². The van der Waals surface area contributed by atoms with E-state index in [-0.39, 0.29) is 23.6 Å².